The van der Waals surface area contributed by atoms with Gasteiger partial charge in [0, 0.05) is 45.2 Å². The average molecular weight is 547 g/mol. The molecule has 3 heterocycles. The maximum atomic E-state index is 12.8. The number of sulfone groups is 1. The van der Waals surface area contributed by atoms with Crippen LogP contribution in [0.2, 0.25) is 0 Å². The number of likely N-dealkylation sites (N-methyl/N-ethyl adjacent to an activating group) is 1. The van der Waals surface area contributed by atoms with E-state index in [1.54, 1.807) is 37.4 Å². The second-order valence-electron chi connectivity index (χ2n) is 10.0. The lowest BCUT2D eigenvalue weighted by molar-refractivity contribution is -0.119. The fourth-order valence-corrected chi connectivity index (χ4v) is 5.91. The van der Waals surface area contributed by atoms with Gasteiger partial charge in [-0.1, -0.05) is 43.3 Å². The van der Waals surface area contributed by atoms with Crippen molar-refractivity contribution in [3.8, 4) is 0 Å². The minimum atomic E-state index is -3.42. The van der Waals surface area contributed by atoms with E-state index in [0.717, 1.165) is 42.8 Å². The second-order valence-corrected chi connectivity index (χ2v) is 12.3. The molecule has 2 aromatic heterocycles. The minimum absolute atomic E-state index is 0.00679. The first-order valence-corrected chi connectivity index (χ1v) is 14.9. The van der Waals surface area contributed by atoms with E-state index in [0.29, 0.717) is 42.2 Å². The van der Waals surface area contributed by atoms with Gasteiger partial charge >= 0.3 is 0 Å². The maximum Gasteiger partial charge on any atom is 0.180 e. The Bertz CT molecular complexity index is 1570. The van der Waals surface area contributed by atoms with Gasteiger partial charge in [-0.05, 0) is 36.4 Å². The molecule has 5 rings (SSSR count). The molecule has 1 aliphatic heterocycles. The van der Waals surface area contributed by atoms with Gasteiger partial charge in [0.25, 0.3) is 0 Å². The Labute approximate surface area is 229 Å². The fraction of sp³-hybridized carbons (Fsp3) is 0.345. The molecule has 9 nitrogen and oxygen atoms in total. The molecule has 2 aromatic carbocycles. The summed E-state index contributed by atoms with van der Waals surface area (Å²) in [6, 6.07) is 16.7. The number of aromatic amines is 1. The molecule has 10 heteroatoms. The van der Waals surface area contributed by atoms with Gasteiger partial charge < -0.3 is 15.2 Å². The smallest absolute Gasteiger partial charge is 0.180 e. The van der Waals surface area contributed by atoms with Crippen molar-refractivity contribution in [2.75, 3.05) is 50.8 Å². The molecule has 2 N–H and O–H groups in total. The van der Waals surface area contributed by atoms with E-state index < -0.39 is 9.84 Å². The lowest BCUT2D eigenvalue weighted by Crippen LogP contribution is -2.46. The standard InChI is InChI=1S/C29H34N6O3S/c1-3-39(37,38)26-10-5-4-9-24(26)32-29-28-25(11-12-30-28)31-27(33-29)19-22-8-6-7-21(17-22)18-23(36)20-35-15-13-34(2)14-16-35/h4-12,17,30H,3,13-16,18-20H2,1-2H3,(H,31,32,33). The summed E-state index contributed by atoms with van der Waals surface area (Å²) in [5.74, 6) is 1.33. The molecule has 1 fully saturated rings. The molecule has 4 aromatic rings. The molecule has 0 saturated carbocycles. The molecule has 0 spiro atoms. The zero-order chi connectivity index (χ0) is 27.4. The van der Waals surface area contributed by atoms with Crippen LogP contribution in [-0.2, 0) is 27.5 Å². The Morgan fingerprint density at radius 2 is 1.77 bits per heavy atom. The number of carbonyl (C=O) groups excluding carboxylic acids is 1. The predicted octanol–water partition coefficient (Wildman–Crippen LogP) is 3.44. The quantitative estimate of drug-likeness (QED) is 0.311. The molecular weight excluding hydrogens is 512 g/mol. The number of Topliss-reactive ketones (excluding diaryl/α,β-unsaturated/α-hetero) is 1. The maximum absolute atomic E-state index is 12.8. The van der Waals surface area contributed by atoms with Crippen LogP contribution in [0, 0.1) is 0 Å². The van der Waals surface area contributed by atoms with Gasteiger partial charge in [-0.25, -0.2) is 18.4 Å². The van der Waals surface area contributed by atoms with Gasteiger partial charge in [-0.15, -0.1) is 0 Å². The summed E-state index contributed by atoms with van der Waals surface area (Å²) < 4.78 is 25.3. The number of hydrogen-bond donors (Lipinski definition) is 2. The van der Waals surface area contributed by atoms with Crippen LogP contribution in [0.5, 0.6) is 0 Å². The first kappa shape index (κ1) is 27.0. The van der Waals surface area contributed by atoms with Crippen LogP contribution in [-0.4, -0.2) is 84.5 Å². The Kier molecular flexibility index (Phi) is 8.06. The third kappa shape index (κ3) is 6.52. The highest BCUT2D eigenvalue weighted by Crippen LogP contribution is 2.28. The molecule has 39 heavy (non-hydrogen) atoms. The number of para-hydroxylation sites is 1. The summed E-state index contributed by atoms with van der Waals surface area (Å²) in [7, 11) is -1.32. The molecule has 0 radical (unpaired) electrons. The molecule has 0 amide bonds. The summed E-state index contributed by atoms with van der Waals surface area (Å²) in [4.78, 5) is 30.1. The number of piperazine rings is 1. The highest BCUT2D eigenvalue weighted by Gasteiger charge is 2.19. The number of nitrogens with one attached hydrogen (secondary N) is 2. The SMILES string of the molecule is CCS(=O)(=O)c1ccccc1Nc1nc(Cc2cccc(CC(=O)CN3CCN(C)CC3)c2)nc2cc[nH]c12. The number of ketones is 1. The molecule has 0 bridgehead atoms. The zero-order valence-corrected chi connectivity index (χ0v) is 23.2. The largest absolute Gasteiger partial charge is 0.357 e. The van der Waals surface area contributed by atoms with Crippen molar-refractivity contribution in [2.24, 2.45) is 0 Å². The van der Waals surface area contributed by atoms with Crippen molar-refractivity contribution < 1.29 is 13.2 Å². The van der Waals surface area contributed by atoms with E-state index in [1.807, 2.05) is 30.3 Å². The van der Waals surface area contributed by atoms with Crippen LogP contribution in [0.1, 0.15) is 23.9 Å². The van der Waals surface area contributed by atoms with Gasteiger partial charge in [-0.2, -0.15) is 0 Å². The third-order valence-electron chi connectivity index (χ3n) is 7.06. The number of fused-ring (bicyclic) bond motifs is 1. The van der Waals surface area contributed by atoms with E-state index in [-0.39, 0.29) is 16.4 Å². The molecular formula is C29H34N6O3S. The van der Waals surface area contributed by atoms with E-state index in [9.17, 15) is 13.2 Å². The highest BCUT2D eigenvalue weighted by molar-refractivity contribution is 7.91. The van der Waals surface area contributed by atoms with Gasteiger partial charge in [0.05, 0.1) is 28.4 Å². The molecule has 0 aliphatic carbocycles. The number of rotatable bonds is 10. The zero-order valence-electron chi connectivity index (χ0n) is 22.4. The number of anilines is 2. The van der Waals surface area contributed by atoms with Crippen molar-refractivity contribution in [1.29, 1.82) is 0 Å². The molecule has 1 aliphatic rings. The van der Waals surface area contributed by atoms with Crippen molar-refractivity contribution in [3.63, 3.8) is 0 Å². The van der Waals surface area contributed by atoms with E-state index in [4.69, 9.17) is 9.97 Å². The van der Waals surface area contributed by atoms with Gasteiger partial charge in [0.1, 0.15) is 11.3 Å². The first-order valence-electron chi connectivity index (χ1n) is 13.2. The summed E-state index contributed by atoms with van der Waals surface area (Å²) >= 11 is 0. The number of nitrogens with zero attached hydrogens (tertiary/aromatic N) is 4. The minimum Gasteiger partial charge on any atom is -0.357 e. The number of hydrogen-bond acceptors (Lipinski definition) is 8. The lowest BCUT2D eigenvalue weighted by Gasteiger charge is -2.31. The topological polar surface area (TPSA) is 111 Å². The lowest BCUT2D eigenvalue weighted by atomic mass is 10.0. The third-order valence-corrected chi connectivity index (χ3v) is 8.84. The van der Waals surface area contributed by atoms with Crippen LogP contribution in [0.4, 0.5) is 11.5 Å². The number of benzene rings is 2. The average Bonchev–Trinajstić information content (AvgIpc) is 3.39. The van der Waals surface area contributed by atoms with Crippen molar-refractivity contribution in [1.82, 2.24) is 24.8 Å². The van der Waals surface area contributed by atoms with Gasteiger partial charge in [-0.3, -0.25) is 9.69 Å². The number of carbonyl (C=O) groups is 1. The Hall–Kier alpha value is -3.60. The molecule has 0 unspecified atom stereocenters. The van der Waals surface area contributed by atoms with Crippen LogP contribution in [0.15, 0.2) is 65.7 Å². The van der Waals surface area contributed by atoms with Crippen molar-refractivity contribution in [2.45, 2.75) is 24.7 Å². The van der Waals surface area contributed by atoms with Crippen LogP contribution >= 0.6 is 0 Å². The van der Waals surface area contributed by atoms with E-state index in [1.165, 1.54) is 0 Å². The summed E-state index contributed by atoms with van der Waals surface area (Å²) in [5.41, 5.74) is 3.89. The predicted molar refractivity (Wildman–Crippen MR) is 153 cm³/mol. The van der Waals surface area contributed by atoms with Gasteiger partial charge in [0.15, 0.2) is 21.4 Å². The van der Waals surface area contributed by atoms with Crippen molar-refractivity contribution >= 4 is 38.2 Å². The Balaban J connectivity index is 1.34. The summed E-state index contributed by atoms with van der Waals surface area (Å²) in [5, 5.41) is 3.23. The second kappa shape index (κ2) is 11.6. The Morgan fingerprint density at radius 3 is 2.56 bits per heavy atom. The van der Waals surface area contributed by atoms with Crippen LogP contribution in [0.3, 0.4) is 0 Å². The van der Waals surface area contributed by atoms with Crippen LogP contribution < -0.4 is 5.32 Å². The van der Waals surface area contributed by atoms with Crippen molar-refractivity contribution in [3.05, 3.63) is 77.7 Å². The molecule has 1 saturated heterocycles. The van der Waals surface area contributed by atoms with Gasteiger partial charge in [0.2, 0.25) is 0 Å². The van der Waals surface area contributed by atoms with E-state index in [2.05, 4.69) is 27.1 Å². The normalized spacial score (nSPS) is 15.0. The monoisotopic (exact) mass is 546 g/mol. The molecule has 204 valence electrons. The fourth-order valence-electron chi connectivity index (χ4n) is 4.86. The number of H-pyrrole nitrogens is 1. The summed E-state index contributed by atoms with van der Waals surface area (Å²) in [6.07, 6.45) is 2.66. The molecule has 0 atom stereocenters. The first-order chi connectivity index (χ1) is 18.8. The highest BCUT2D eigenvalue weighted by atomic mass is 32.2. The Morgan fingerprint density at radius 1 is 1.00 bits per heavy atom. The van der Waals surface area contributed by atoms with E-state index >= 15 is 0 Å². The summed E-state index contributed by atoms with van der Waals surface area (Å²) in [6.45, 7) is 5.94. The van der Waals surface area contributed by atoms with Crippen LogP contribution in [0.25, 0.3) is 11.0 Å². The number of aromatic nitrogens is 3.